The van der Waals surface area contributed by atoms with Crippen molar-refractivity contribution >= 4 is 0 Å². The molecule has 172 valence electrons. The second kappa shape index (κ2) is 18.3. The number of ether oxygens (including phenoxy) is 2. The van der Waals surface area contributed by atoms with Crippen molar-refractivity contribution < 1.29 is 24.8 Å². The maximum absolute atomic E-state index is 10.1. The van der Waals surface area contributed by atoms with Crippen LogP contribution in [0, 0.1) is 0 Å². The highest BCUT2D eigenvalue weighted by molar-refractivity contribution is 4.88. The first-order valence-electron chi connectivity index (χ1n) is 12.1. The summed E-state index contributed by atoms with van der Waals surface area (Å²) in [5.41, 5.74) is 0. The van der Waals surface area contributed by atoms with Gasteiger partial charge < -0.3 is 24.8 Å². The molecule has 1 saturated heterocycles. The zero-order chi connectivity index (χ0) is 21.2. The molecule has 0 aromatic heterocycles. The van der Waals surface area contributed by atoms with Gasteiger partial charge in [-0.1, -0.05) is 76.9 Å². The molecule has 5 heteroatoms. The first-order chi connectivity index (χ1) is 14.2. The molecule has 0 saturated carbocycles. The molecular weight excluding hydrogens is 368 g/mol. The minimum atomic E-state index is -1.05. The van der Waals surface area contributed by atoms with Gasteiger partial charge in [-0.3, -0.25) is 0 Å². The first kappa shape index (κ1) is 26.6. The zero-order valence-electron chi connectivity index (χ0n) is 18.6. The second-order valence-corrected chi connectivity index (χ2v) is 8.39. The Balaban J connectivity index is 1.82. The molecule has 1 aliphatic heterocycles. The lowest BCUT2D eigenvalue weighted by molar-refractivity contribution is -0.0730. The number of hydrogen-bond donors (Lipinski definition) is 3. The molecule has 0 aromatic carbocycles. The third kappa shape index (κ3) is 12.7. The lowest BCUT2D eigenvalue weighted by Gasteiger charge is -2.20. The van der Waals surface area contributed by atoms with E-state index in [4.69, 9.17) is 14.6 Å². The van der Waals surface area contributed by atoms with Crippen molar-refractivity contribution in [2.24, 2.45) is 0 Å². The monoisotopic (exact) mass is 414 g/mol. The molecule has 3 N–H and O–H groups in total. The van der Waals surface area contributed by atoms with E-state index in [1.165, 1.54) is 77.0 Å². The van der Waals surface area contributed by atoms with Crippen LogP contribution < -0.4 is 0 Å². The number of hydrogen-bond acceptors (Lipinski definition) is 5. The average Bonchev–Trinajstić information content (AvgIpc) is 3.10. The van der Waals surface area contributed by atoms with Gasteiger partial charge in [-0.15, -0.1) is 0 Å². The number of allylic oxidation sites excluding steroid dienone is 2. The lowest BCUT2D eigenvalue weighted by atomic mass is 10.1. The summed E-state index contributed by atoms with van der Waals surface area (Å²) in [6, 6.07) is 0. The molecular formula is C24H46O5. The van der Waals surface area contributed by atoms with Crippen LogP contribution in [0.2, 0.25) is 0 Å². The van der Waals surface area contributed by atoms with Crippen LogP contribution in [0.1, 0.15) is 96.8 Å². The highest BCUT2D eigenvalue weighted by Crippen LogP contribution is 2.20. The van der Waals surface area contributed by atoms with Crippen LogP contribution in [-0.4, -0.2) is 59.6 Å². The Morgan fingerprint density at radius 1 is 0.897 bits per heavy atom. The molecule has 0 unspecified atom stereocenters. The average molecular weight is 415 g/mol. The number of rotatable bonds is 19. The molecule has 1 aliphatic rings. The Morgan fingerprint density at radius 3 is 2.03 bits per heavy atom. The summed E-state index contributed by atoms with van der Waals surface area (Å²) >= 11 is 0. The normalized spacial score (nSPS) is 23.2. The molecule has 5 nitrogen and oxygen atoms in total. The van der Waals surface area contributed by atoms with Gasteiger partial charge in [-0.2, -0.15) is 0 Å². The van der Waals surface area contributed by atoms with Gasteiger partial charge in [0.15, 0.2) is 0 Å². The fraction of sp³-hybridized carbons (Fsp3) is 0.917. The first-order valence-corrected chi connectivity index (χ1v) is 12.1. The van der Waals surface area contributed by atoms with Crippen molar-refractivity contribution in [1.82, 2.24) is 0 Å². The number of unbranched alkanes of at least 4 members (excludes halogenated alkanes) is 12. The minimum Gasteiger partial charge on any atom is -0.394 e. The van der Waals surface area contributed by atoms with Crippen LogP contribution >= 0.6 is 0 Å². The summed E-state index contributed by atoms with van der Waals surface area (Å²) in [5, 5.41) is 28.6. The SMILES string of the molecule is CCCCC/C=C/CCCCCCCCCCCO[C@H]1CO[C@H]([C@H](O)CO)[C@@H]1O. The van der Waals surface area contributed by atoms with Crippen molar-refractivity contribution in [3.05, 3.63) is 12.2 Å². The van der Waals surface area contributed by atoms with Crippen molar-refractivity contribution in [3.8, 4) is 0 Å². The smallest absolute Gasteiger partial charge is 0.114 e. The molecule has 1 fully saturated rings. The summed E-state index contributed by atoms with van der Waals surface area (Å²) < 4.78 is 11.0. The van der Waals surface area contributed by atoms with Crippen molar-refractivity contribution in [2.45, 2.75) is 121 Å². The van der Waals surface area contributed by atoms with Crippen molar-refractivity contribution in [1.29, 1.82) is 0 Å². The summed E-state index contributed by atoms with van der Waals surface area (Å²) in [6.07, 6.45) is 19.5. The Morgan fingerprint density at radius 2 is 1.45 bits per heavy atom. The van der Waals surface area contributed by atoms with Gasteiger partial charge >= 0.3 is 0 Å². The molecule has 0 aromatic rings. The van der Waals surface area contributed by atoms with E-state index in [1.54, 1.807) is 0 Å². The molecule has 0 amide bonds. The predicted octanol–water partition coefficient (Wildman–Crippen LogP) is 4.52. The standard InChI is InChI=1S/C24H46O5/c1-2-3-4-5-6-7-8-9-10-11-12-13-14-15-16-17-18-28-22-20-29-24(23(22)27)21(26)19-25/h6-7,21-27H,2-5,8-20H2,1H3/b7-6+/t21-,22+,23-,24-/m1/s1. The zero-order valence-corrected chi connectivity index (χ0v) is 18.6. The largest absolute Gasteiger partial charge is 0.394 e. The van der Waals surface area contributed by atoms with Gasteiger partial charge in [0.2, 0.25) is 0 Å². The predicted molar refractivity (Wildman–Crippen MR) is 118 cm³/mol. The van der Waals surface area contributed by atoms with E-state index in [9.17, 15) is 10.2 Å². The third-order valence-corrected chi connectivity index (χ3v) is 5.72. The molecule has 0 aliphatic carbocycles. The van der Waals surface area contributed by atoms with Crippen LogP contribution in [-0.2, 0) is 9.47 Å². The van der Waals surface area contributed by atoms with E-state index in [-0.39, 0.29) is 6.61 Å². The molecule has 1 rings (SSSR count). The van der Waals surface area contributed by atoms with Gasteiger partial charge in [0, 0.05) is 6.61 Å². The summed E-state index contributed by atoms with van der Waals surface area (Å²) in [7, 11) is 0. The summed E-state index contributed by atoms with van der Waals surface area (Å²) in [4.78, 5) is 0. The molecule has 29 heavy (non-hydrogen) atoms. The van der Waals surface area contributed by atoms with E-state index in [1.807, 2.05) is 0 Å². The van der Waals surface area contributed by atoms with Crippen molar-refractivity contribution in [3.63, 3.8) is 0 Å². The molecule has 1 heterocycles. The van der Waals surface area contributed by atoms with Crippen LogP contribution in [0.5, 0.6) is 0 Å². The van der Waals surface area contributed by atoms with Gasteiger partial charge in [0.1, 0.15) is 24.4 Å². The van der Waals surface area contributed by atoms with E-state index in [0.29, 0.717) is 6.61 Å². The van der Waals surface area contributed by atoms with E-state index >= 15 is 0 Å². The second-order valence-electron chi connectivity index (χ2n) is 8.39. The van der Waals surface area contributed by atoms with E-state index in [2.05, 4.69) is 19.1 Å². The van der Waals surface area contributed by atoms with Crippen molar-refractivity contribution in [2.75, 3.05) is 19.8 Å². The fourth-order valence-corrected chi connectivity index (χ4v) is 3.79. The third-order valence-electron chi connectivity index (χ3n) is 5.72. The van der Waals surface area contributed by atoms with E-state index in [0.717, 1.165) is 12.8 Å². The van der Waals surface area contributed by atoms with Gasteiger partial charge in [0.05, 0.1) is 13.2 Å². The van der Waals surface area contributed by atoms with E-state index < -0.39 is 31.0 Å². The fourth-order valence-electron chi connectivity index (χ4n) is 3.79. The van der Waals surface area contributed by atoms with Crippen LogP contribution in [0.4, 0.5) is 0 Å². The summed E-state index contributed by atoms with van der Waals surface area (Å²) in [5.74, 6) is 0. The molecule has 0 bridgehead atoms. The highest BCUT2D eigenvalue weighted by atomic mass is 16.6. The Labute approximate surface area is 178 Å². The highest BCUT2D eigenvalue weighted by Gasteiger charge is 2.40. The molecule has 0 radical (unpaired) electrons. The minimum absolute atomic E-state index is 0.275. The summed E-state index contributed by atoms with van der Waals surface area (Å²) in [6.45, 7) is 2.72. The van der Waals surface area contributed by atoms with Crippen LogP contribution in [0.15, 0.2) is 12.2 Å². The Bertz CT molecular complexity index is 387. The van der Waals surface area contributed by atoms with Crippen LogP contribution in [0.25, 0.3) is 0 Å². The molecule has 4 atom stereocenters. The number of aliphatic hydroxyl groups excluding tert-OH is 3. The number of aliphatic hydroxyl groups is 3. The van der Waals surface area contributed by atoms with Gasteiger partial charge in [-0.05, 0) is 32.1 Å². The Hall–Kier alpha value is -0.460. The Kier molecular flexibility index (Phi) is 16.8. The maximum Gasteiger partial charge on any atom is 0.114 e. The lowest BCUT2D eigenvalue weighted by Crippen LogP contribution is -2.41. The van der Waals surface area contributed by atoms with Crippen LogP contribution in [0.3, 0.4) is 0 Å². The topological polar surface area (TPSA) is 79.2 Å². The van der Waals surface area contributed by atoms with Gasteiger partial charge in [0.25, 0.3) is 0 Å². The quantitative estimate of drug-likeness (QED) is 0.214. The molecule has 0 spiro atoms. The van der Waals surface area contributed by atoms with Gasteiger partial charge in [-0.25, -0.2) is 0 Å². The maximum atomic E-state index is 10.1.